The largest absolute Gasteiger partial charge is 0.354 e. The molecule has 1 aromatic heterocycles. The Morgan fingerprint density at radius 3 is 2.69 bits per heavy atom. The number of nitrogens with two attached hydrogens (primary N) is 1. The molecule has 0 amide bonds. The molecule has 0 radical (unpaired) electrons. The van der Waals surface area contributed by atoms with Crippen molar-refractivity contribution >= 4 is 0 Å². The summed E-state index contributed by atoms with van der Waals surface area (Å²) in [5.74, 6) is -2.59. The summed E-state index contributed by atoms with van der Waals surface area (Å²) < 4.78 is 26.7. The van der Waals surface area contributed by atoms with Crippen LogP contribution in [0.2, 0.25) is 0 Å². The van der Waals surface area contributed by atoms with Gasteiger partial charge in [0.1, 0.15) is 0 Å². The molecule has 0 atom stereocenters. The van der Waals surface area contributed by atoms with E-state index in [-0.39, 0.29) is 6.42 Å². The van der Waals surface area contributed by atoms with Crippen LogP contribution >= 0.6 is 0 Å². The maximum absolute atomic E-state index is 12.5. The number of halogens is 2. The van der Waals surface area contributed by atoms with Gasteiger partial charge >= 0.3 is 0 Å². The number of alkyl halides is 2. The number of aryl methyl sites for hydroxylation is 1. The smallest absolute Gasteiger partial charge is 0.247 e. The van der Waals surface area contributed by atoms with Crippen molar-refractivity contribution in [3.05, 3.63) is 24.0 Å². The molecule has 0 fully saturated rings. The summed E-state index contributed by atoms with van der Waals surface area (Å²) in [5, 5.41) is 0. The van der Waals surface area contributed by atoms with Crippen LogP contribution in [0.15, 0.2) is 18.5 Å². The van der Waals surface area contributed by atoms with Gasteiger partial charge in [-0.3, -0.25) is 0 Å². The number of nitrogens with zero attached hydrogens (tertiary/aromatic N) is 1. The van der Waals surface area contributed by atoms with Crippen molar-refractivity contribution in [3.8, 4) is 0 Å². The molecule has 1 heterocycles. The SMILES string of the molecule is CC(F)(F)CCn1ccc(CN)c1. The van der Waals surface area contributed by atoms with Crippen molar-refractivity contribution in [3.63, 3.8) is 0 Å². The van der Waals surface area contributed by atoms with Crippen molar-refractivity contribution in [2.45, 2.75) is 32.4 Å². The van der Waals surface area contributed by atoms with Gasteiger partial charge in [-0.15, -0.1) is 0 Å². The van der Waals surface area contributed by atoms with Gasteiger partial charge in [-0.05, 0) is 18.6 Å². The average Bonchev–Trinajstić information content (AvgIpc) is 2.47. The van der Waals surface area contributed by atoms with Gasteiger partial charge < -0.3 is 10.3 Å². The fourth-order valence-electron chi connectivity index (χ4n) is 1.08. The fraction of sp³-hybridized carbons (Fsp3) is 0.556. The zero-order valence-electron chi connectivity index (χ0n) is 7.63. The van der Waals surface area contributed by atoms with Crippen molar-refractivity contribution in [1.82, 2.24) is 4.57 Å². The molecule has 0 aromatic carbocycles. The summed E-state index contributed by atoms with van der Waals surface area (Å²) in [7, 11) is 0. The average molecular weight is 188 g/mol. The van der Waals surface area contributed by atoms with Crippen LogP contribution in [0, 0.1) is 0 Å². The summed E-state index contributed by atoms with van der Waals surface area (Å²) in [6, 6.07) is 1.84. The molecule has 0 saturated heterocycles. The monoisotopic (exact) mass is 188 g/mol. The van der Waals surface area contributed by atoms with Gasteiger partial charge in [0.15, 0.2) is 0 Å². The highest BCUT2D eigenvalue weighted by Gasteiger charge is 2.20. The van der Waals surface area contributed by atoms with Gasteiger partial charge in [-0.1, -0.05) is 0 Å². The topological polar surface area (TPSA) is 30.9 Å². The molecule has 1 rings (SSSR count). The summed E-state index contributed by atoms with van der Waals surface area (Å²) in [5.41, 5.74) is 6.36. The van der Waals surface area contributed by atoms with Crippen LogP contribution in [-0.4, -0.2) is 10.5 Å². The summed E-state index contributed by atoms with van der Waals surface area (Å²) in [4.78, 5) is 0. The zero-order valence-corrected chi connectivity index (χ0v) is 7.63. The van der Waals surface area contributed by atoms with Gasteiger partial charge in [0.25, 0.3) is 0 Å². The number of hydrogen-bond donors (Lipinski definition) is 1. The molecule has 2 N–H and O–H groups in total. The first-order valence-corrected chi connectivity index (χ1v) is 4.24. The first-order chi connectivity index (χ1) is 6.01. The fourth-order valence-corrected chi connectivity index (χ4v) is 1.08. The van der Waals surface area contributed by atoms with Gasteiger partial charge in [-0.25, -0.2) is 8.78 Å². The maximum atomic E-state index is 12.5. The highest BCUT2D eigenvalue weighted by molar-refractivity contribution is 5.09. The van der Waals surface area contributed by atoms with E-state index in [1.807, 2.05) is 6.07 Å². The summed E-state index contributed by atoms with van der Waals surface area (Å²) in [6.07, 6.45) is 3.44. The standard InChI is InChI=1S/C9H14F2N2/c1-9(10,11)3-5-13-4-2-8(6-12)7-13/h2,4,7H,3,5-6,12H2,1H3. The van der Waals surface area contributed by atoms with E-state index in [1.54, 1.807) is 17.0 Å². The van der Waals surface area contributed by atoms with E-state index >= 15 is 0 Å². The molecule has 0 aliphatic rings. The van der Waals surface area contributed by atoms with Crippen LogP contribution in [0.3, 0.4) is 0 Å². The minimum absolute atomic E-state index is 0.133. The Morgan fingerprint density at radius 2 is 2.23 bits per heavy atom. The summed E-state index contributed by atoms with van der Waals surface area (Å²) >= 11 is 0. The lowest BCUT2D eigenvalue weighted by atomic mass is 10.3. The van der Waals surface area contributed by atoms with Gasteiger partial charge in [0.2, 0.25) is 5.92 Å². The third kappa shape index (κ3) is 3.55. The molecule has 0 bridgehead atoms. The molecule has 74 valence electrons. The molecule has 0 spiro atoms. The second-order valence-electron chi connectivity index (χ2n) is 3.28. The molecule has 0 aliphatic heterocycles. The maximum Gasteiger partial charge on any atom is 0.247 e. The van der Waals surface area contributed by atoms with Gasteiger partial charge in [0.05, 0.1) is 0 Å². The van der Waals surface area contributed by atoms with Crippen LogP contribution in [0.25, 0.3) is 0 Å². The van der Waals surface area contributed by atoms with E-state index in [2.05, 4.69) is 0 Å². The minimum Gasteiger partial charge on any atom is -0.354 e. The second-order valence-corrected chi connectivity index (χ2v) is 3.28. The summed E-state index contributed by atoms with van der Waals surface area (Å²) in [6.45, 7) is 1.72. The van der Waals surface area contributed by atoms with Crippen LogP contribution in [0.5, 0.6) is 0 Å². The van der Waals surface area contributed by atoms with Crippen LogP contribution in [-0.2, 0) is 13.1 Å². The van der Waals surface area contributed by atoms with Crippen LogP contribution < -0.4 is 5.73 Å². The molecule has 0 aliphatic carbocycles. The van der Waals surface area contributed by atoms with Crippen molar-refractivity contribution in [1.29, 1.82) is 0 Å². The highest BCUT2D eigenvalue weighted by atomic mass is 19.3. The van der Waals surface area contributed by atoms with E-state index < -0.39 is 5.92 Å². The molecule has 0 saturated carbocycles. The number of rotatable bonds is 4. The Labute approximate surface area is 76.3 Å². The van der Waals surface area contributed by atoms with E-state index in [1.165, 1.54) is 0 Å². The molecule has 0 unspecified atom stereocenters. The molecule has 1 aromatic rings. The molecular formula is C9H14F2N2. The lowest BCUT2D eigenvalue weighted by molar-refractivity contribution is 0.00871. The quantitative estimate of drug-likeness (QED) is 0.769. The zero-order chi connectivity index (χ0) is 9.90. The number of hydrogen-bond acceptors (Lipinski definition) is 1. The van der Waals surface area contributed by atoms with Crippen LogP contribution in [0.1, 0.15) is 18.9 Å². The van der Waals surface area contributed by atoms with E-state index in [4.69, 9.17) is 5.73 Å². The molecule has 4 heteroatoms. The van der Waals surface area contributed by atoms with E-state index in [0.29, 0.717) is 13.1 Å². The van der Waals surface area contributed by atoms with Gasteiger partial charge in [-0.2, -0.15) is 0 Å². The Balaban J connectivity index is 2.46. The Kier molecular flexibility index (Phi) is 3.03. The lowest BCUT2D eigenvalue weighted by Gasteiger charge is -2.09. The molecule has 13 heavy (non-hydrogen) atoms. The third-order valence-electron chi connectivity index (χ3n) is 1.86. The number of aromatic nitrogens is 1. The first-order valence-electron chi connectivity index (χ1n) is 4.24. The minimum atomic E-state index is -2.59. The van der Waals surface area contributed by atoms with E-state index in [0.717, 1.165) is 12.5 Å². The highest BCUT2D eigenvalue weighted by Crippen LogP contribution is 2.17. The van der Waals surface area contributed by atoms with Crippen molar-refractivity contribution in [2.24, 2.45) is 5.73 Å². The predicted molar refractivity (Wildman–Crippen MR) is 47.6 cm³/mol. The normalized spacial score (nSPS) is 12.0. The van der Waals surface area contributed by atoms with Gasteiger partial charge in [0, 0.05) is 31.9 Å². The Hall–Kier alpha value is -0.900. The Bertz CT molecular complexity index is 263. The second kappa shape index (κ2) is 3.87. The molecular weight excluding hydrogens is 174 g/mol. The lowest BCUT2D eigenvalue weighted by Crippen LogP contribution is -2.13. The van der Waals surface area contributed by atoms with Crippen LogP contribution in [0.4, 0.5) is 8.78 Å². The van der Waals surface area contributed by atoms with E-state index in [9.17, 15) is 8.78 Å². The predicted octanol–water partition coefficient (Wildman–Crippen LogP) is 1.99. The Morgan fingerprint density at radius 1 is 1.54 bits per heavy atom. The third-order valence-corrected chi connectivity index (χ3v) is 1.86. The molecule has 2 nitrogen and oxygen atoms in total. The first kappa shape index (κ1) is 10.2. The van der Waals surface area contributed by atoms with Crippen molar-refractivity contribution < 1.29 is 8.78 Å². The van der Waals surface area contributed by atoms with Crippen molar-refractivity contribution in [2.75, 3.05) is 0 Å².